The number of nitro groups is 1. The lowest BCUT2D eigenvalue weighted by atomic mass is 10.3. The number of thiophene rings is 1. The molecule has 0 aliphatic carbocycles. The summed E-state index contributed by atoms with van der Waals surface area (Å²) in [7, 11) is -4.04. The summed E-state index contributed by atoms with van der Waals surface area (Å²) in [5.41, 5.74) is 0.338. The Balaban J connectivity index is 1.57. The molecule has 12 heteroatoms. The number of rotatable bonds is 8. The molecule has 9 nitrogen and oxygen atoms in total. The molecule has 0 spiro atoms. The third-order valence-electron chi connectivity index (χ3n) is 3.47. The number of hydrogen-bond donors (Lipinski definition) is 1. The predicted octanol–water partition coefficient (Wildman–Crippen LogP) is 3.12. The van der Waals surface area contributed by atoms with Crippen LogP contribution in [0.2, 0.25) is 5.02 Å². The van der Waals surface area contributed by atoms with Gasteiger partial charge in [-0.05, 0) is 23.6 Å². The first-order valence-corrected chi connectivity index (χ1v) is 10.5. The van der Waals surface area contributed by atoms with E-state index in [2.05, 4.69) is 14.9 Å². The molecule has 3 rings (SSSR count). The van der Waals surface area contributed by atoms with Gasteiger partial charge < -0.3 is 4.74 Å². The number of halogens is 1. The Bertz CT molecular complexity index is 1070. The molecule has 1 N–H and O–H groups in total. The maximum absolute atomic E-state index is 12.3. The van der Waals surface area contributed by atoms with Crippen molar-refractivity contribution in [2.45, 2.75) is 4.90 Å². The van der Waals surface area contributed by atoms with Gasteiger partial charge in [-0.25, -0.2) is 13.1 Å². The second-order valence-corrected chi connectivity index (χ2v) is 8.44. The Kier molecular flexibility index (Phi) is 6.19. The monoisotopic (exact) mass is 440 g/mol. The highest BCUT2D eigenvalue weighted by Gasteiger charge is 2.21. The van der Waals surface area contributed by atoms with E-state index in [0.717, 1.165) is 23.1 Å². The molecule has 0 saturated carbocycles. The summed E-state index contributed by atoms with van der Waals surface area (Å²) < 4.78 is 32.3. The van der Waals surface area contributed by atoms with Gasteiger partial charge in [-0.15, -0.1) is 21.5 Å². The normalized spacial score (nSPS) is 11.3. The standard InChI is InChI=1S/C16H13ClN4O5S2/c17-12-4-3-11(21(22)23)10-15(12)28(24,25)18-7-8-26-16-6-5-13(19-20-16)14-2-1-9-27-14/h1-6,9-10,18H,7-8H2. The van der Waals surface area contributed by atoms with E-state index in [0.29, 0.717) is 5.69 Å². The van der Waals surface area contributed by atoms with E-state index in [-0.39, 0.29) is 34.6 Å². The summed E-state index contributed by atoms with van der Waals surface area (Å²) in [4.78, 5) is 10.7. The zero-order valence-corrected chi connectivity index (χ0v) is 16.5. The van der Waals surface area contributed by atoms with E-state index in [1.807, 2.05) is 17.5 Å². The first-order chi connectivity index (χ1) is 13.4. The molecule has 0 aliphatic heterocycles. The quantitative estimate of drug-likeness (QED) is 0.324. The van der Waals surface area contributed by atoms with Gasteiger partial charge in [-0.1, -0.05) is 17.7 Å². The van der Waals surface area contributed by atoms with Gasteiger partial charge in [-0.3, -0.25) is 10.1 Å². The van der Waals surface area contributed by atoms with Crippen molar-refractivity contribution in [3.63, 3.8) is 0 Å². The first kappa shape index (κ1) is 20.1. The average molecular weight is 441 g/mol. The minimum Gasteiger partial charge on any atom is -0.475 e. The summed E-state index contributed by atoms with van der Waals surface area (Å²) in [5.74, 6) is 0.243. The first-order valence-electron chi connectivity index (χ1n) is 7.81. The Morgan fingerprint density at radius 2 is 2.04 bits per heavy atom. The van der Waals surface area contributed by atoms with Crippen LogP contribution >= 0.6 is 22.9 Å². The van der Waals surface area contributed by atoms with E-state index < -0.39 is 14.9 Å². The van der Waals surface area contributed by atoms with Crippen LogP contribution in [0.1, 0.15) is 0 Å². The molecule has 0 atom stereocenters. The van der Waals surface area contributed by atoms with Crippen LogP contribution in [0.4, 0.5) is 5.69 Å². The van der Waals surface area contributed by atoms with Crippen molar-refractivity contribution >= 4 is 38.6 Å². The number of benzene rings is 1. The van der Waals surface area contributed by atoms with Gasteiger partial charge in [0, 0.05) is 24.7 Å². The number of aromatic nitrogens is 2. The van der Waals surface area contributed by atoms with Crippen molar-refractivity contribution in [1.82, 2.24) is 14.9 Å². The Hall–Kier alpha value is -2.60. The highest BCUT2D eigenvalue weighted by atomic mass is 35.5. The van der Waals surface area contributed by atoms with Gasteiger partial charge in [0.05, 0.1) is 14.8 Å². The van der Waals surface area contributed by atoms with E-state index in [1.165, 1.54) is 11.3 Å². The van der Waals surface area contributed by atoms with Gasteiger partial charge in [0.15, 0.2) is 0 Å². The van der Waals surface area contributed by atoms with Crippen molar-refractivity contribution in [1.29, 1.82) is 0 Å². The maximum Gasteiger partial charge on any atom is 0.270 e. The fourth-order valence-electron chi connectivity index (χ4n) is 2.17. The number of non-ortho nitro benzene ring substituents is 1. The van der Waals surface area contributed by atoms with Crippen molar-refractivity contribution < 1.29 is 18.1 Å². The molecule has 0 aliphatic rings. The van der Waals surface area contributed by atoms with Crippen LogP contribution in [-0.4, -0.2) is 36.7 Å². The largest absolute Gasteiger partial charge is 0.475 e. The smallest absolute Gasteiger partial charge is 0.270 e. The van der Waals surface area contributed by atoms with Gasteiger partial charge in [0.2, 0.25) is 15.9 Å². The average Bonchev–Trinajstić information content (AvgIpc) is 3.20. The summed E-state index contributed by atoms with van der Waals surface area (Å²) in [6, 6.07) is 10.4. The highest BCUT2D eigenvalue weighted by molar-refractivity contribution is 7.89. The molecular formula is C16H13ClN4O5S2. The molecule has 2 heterocycles. The predicted molar refractivity (Wildman–Crippen MR) is 104 cm³/mol. The second kappa shape index (κ2) is 8.61. The molecule has 0 saturated heterocycles. The van der Waals surface area contributed by atoms with Crippen molar-refractivity contribution in [2.24, 2.45) is 0 Å². The topological polar surface area (TPSA) is 124 Å². The van der Waals surface area contributed by atoms with E-state index in [9.17, 15) is 18.5 Å². The minimum atomic E-state index is -4.04. The molecule has 0 amide bonds. The van der Waals surface area contributed by atoms with Crippen LogP contribution in [0, 0.1) is 10.1 Å². The molecule has 0 fully saturated rings. The van der Waals surface area contributed by atoms with E-state index in [4.69, 9.17) is 16.3 Å². The number of nitrogens with zero attached hydrogens (tertiary/aromatic N) is 3. The Morgan fingerprint density at radius 1 is 1.21 bits per heavy atom. The fraction of sp³-hybridized carbons (Fsp3) is 0.125. The number of hydrogen-bond acceptors (Lipinski definition) is 8. The lowest BCUT2D eigenvalue weighted by molar-refractivity contribution is -0.385. The molecule has 2 aromatic heterocycles. The lowest BCUT2D eigenvalue weighted by Gasteiger charge is -2.09. The van der Waals surface area contributed by atoms with Crippen molar-refractivity contribution in [3.8, 4) is 16.5 Å². The van der Waals surface area contributed by atoms with Crippen molar-refractivity contribution in [3.05, 3.63) is 63.0 Å². The molecule has 28 heavy (non-hydrogen) atoms. The van der Waals surface area contributed by atoms with Crippen LogP contribution in [0.25, 0.3) is 10.6 Å². The number of sulfonamides is 1. The minimum absolute atomic E-state index is 0.0151. The van der Waals surface area contributed by atoms with E-state index >= 15 is 0 Å². The molecule has 0 unspecified atom stereocenters. The second-order valence-electron chi connectivity index (χ2n) is 5.35. The molecule has 0 bridgehead atoms. The SMILES string of the molecule is O=[N+]([O-])c1ccc(Cl)c(S(=O)(=O)NCCOc2ccc(-c3cccs3)nn2)c1. The lowest BCUT2D eigenvalue weighted by Crippen LogP contribution is -2.28. The van der Waals surface area contributed by atoms with Gasteiger partial charge in [0.1, 0.15) is 17.2 Å². The van der Waals surface area contributed by atoms with Crippen molar-refractivity contribution in [2.75, 3.05) is 13.2 Å². The Labute approximate surface area is 169 Å². The van der Waals surface area contributed by atoms with Crippen LogP contribution in [0.5, 0.6) is 5.88 Å². The number of nitro benzene ring substituents is 1. The summed E-state index contributed by atoms with van der Waals surface area (Å²) in [6.45, 7) is -0.103. The molecule has 0 radical (unpaired) electrons. The molecular weight excluding hydrogens is 428 g/mol. The van der Waals surface area contributed by atoms with Gasteiger partial charge in [0.25, 0.3) is 5.69 Å². The Morgan fingerprint density at radius 3 is 2.68 bits per heavy atom. The summed E-state index contributed by atoms with van der Waals surface area (Å²) >= 11 is 7.40. The molecule has 146 valence electrons. The van der Waals surface area contributed by atoms with E-state index in [1.54, 1.807) is 12.1 Å². The third-order valence-corrected chi connectivity index (χ3v) is 6.31. The number of ether oxygens (including phenoxy) is 1. The third kappa shape index (κ3) is 4.81. The highest BCUT2D eigenvalue weighted by Crippen LogP contribution is 2.26. The van der Waals surface area contributed by atoms with Crippen LogP contribution in [-0.2, 0) is 10.0 Å². The summed E-state index contributed by atoms with van der Waals surface area (Å²) in [5, 5.41) is 20.6. The van der Waals surface area contributed by atoms with Gasteiger partial charge in [-0.2, -0.15) is 0 Å². The fourth-order valence-corrected chi connectivity index (χ4v) is 4.39. The zero-order valence-electron chi connectivity index (χ0n) is 14.1. The van der Waals surface area contributed by atoms with Crippen LogP contribution in [0.3, 0.4) is 0 Å². The molecule has 3 aromatic rings. The van der Waals surface area contributed by atoms with Crippen LogP contribution in [0.15, 0.2) is 52.7 Å². The van der Waals surface area contributed by atoms with Gasteiger partial charge >= 0.3 is 0 Å². The zero-order chi connectivity index (χ0) is 20.1. The van der Waals surface area contributed by atoms with Crippen LogP contribution < -0.4 is 9.46 Å². The molecule has 1 aromatic carbocycles. The summed E-state index contributed by atoms with van der Waals surface area (Å²) in [6.07, 6.45) is 0. The maximum atomic E-state index is 12.3. The number of nitrogens with one attached hydrogen (secondary N) is 1.